The van der Waals surface area contributed by atoms with Gasteiger partial charge in [-0.3, -0.25) is 0 Å². The minimum atomic E-state index is -3.62. The van der Waals surface area contributed by atoms with E-state index in [1.54, 1.807) is 25.1 Å². The fraction of sp³-hybridized carbons (Fsp3) is 0.294. The molecule has 0 unspecified atom stereocenters. The molecule has 132 valence electrons. The number of carbonyl (C=O) groups excluding carboxylic acids is 1. The van der Waals surface area contributed by atoms with Crippen molar-refractivity contribution in [1.82, 2.24) is 9.71 Å². The minimum absolute atomic E-state index is 0.000825. The number of esters is 1. The topological polar surface area (TPSA) is 85.4 Å². The van der Waals surface area contributed by atoms with Gasteiger partial charge in [-0.15, -0.1) is 0 Å². The van der Waals surface area contributed by atoms with Gasteiger partial charge in [0.25, 0.3) is 0 Å². The molecule has 0 spiro atoms. The van der Waals surface area contributed by atoms with Gasteiger partial charge < -0.3 is 4.74 Å². The zero-order chi connectivity index (χ0) is 18.0. The molecule has 1 aromatic heterocycles. The third-order valence-corrected chi connectivity index (χ3v) is 5.54. The van der Waals surface area contributed by atoms with E-state index >= 15 is 0 Å². The molecule has 0 bridgehead atoms. The van der Waals surface area contributed by atoms with Crippen LogP contribution in [0.3, 0.4) is 0 Å². The van der Waals surface area contributed by atoms with Crippen molar-refractivity contribution in [2.24, 2.45) is 0 Å². The first-order valence-electron chi connectivity index (χ1n) is 7.76. The van der Waals surface area contributed by atoms with Crippen LogP contribution in [0.5, 0.6) is 0 Å². The van der Waals surface area contributed by atoms with Crippen LogP contribution in [0.25, 0.3) is 0 Å². The largest absolute Gasteiger partial charge is 0.457 e. The van der Waals surface area contributed by atoms with E-state index in [9.17, 15) is 13.2 Å². The van der Waals surface area contributed by atoms with Crippen molar-refractivity contribution in [1.29, 1.82) is 0 Å². The number of halogens is 1. The quantitative estimate of drug-likeness (QED) is 0.615. The summed E-state index contributed by atoms with van der Waals surface area (Å²) in [6.07, 6.45) is 3.20. The van der Waals surface area contributed by atoms with E-state index in [-0.39, 0.29) is 23.1 Å². The maximum Gasteiger partial charge on any atom is 0.338 e. The predicted molar refractivity (Wildman–Crippen MR) is 92.9 cm³/mol. The Labute approximate surface area is 151 Å². The number of aryl methyl sites for hydroxylation is 1. The molecule has 1 aromatic carbocycles. The molecular formula is C17H17ClN2O4S. The van der Waals surface area contributed by atoms with Gasteiger partial charge in [-0.1, -0.05) is 23.7 Å². The van der Waals surface area contributed by atoms with Gasteiger partial charge in [-0.05, 0) is 43.5 Å². The SMILES string of the molecule is Cc1ccc(S(=O)(=O)NC2CC2)cc1C(=O)OCc1ccc(Cl)nc1. The molecule has 1 aliphatic carbocycles. The summed E-state index contributed by atoms with van der Waals surface area (Å²) >= 11 is 5.71. The van der Waals surface area contributed by atoms with Gasteiger partial charge in [0.15, 0.2) is 0 Å². The van der Waals surface area contributed by atoms with E-state index in [1.165, 1.54) is 18.3 Å². The predicted octanol–water partition coefficient (Wildman–Crippen LogP) is 2.84. The van der Waals surface area contributed by atoms with Crippen LogP contribution >= 0.6 is 11.6 Å². The number of aromatic nitrogens is 1. The first kappa shape index (κ1) is 17.8. The highest BCUT2D eigenvalue weighted by molar-refractivity contribution is 7.89. The van der Waals surface area contributed by atoms with Gasteiger partial charge >= 0.3 is 5.97 Å². The van der Waals surface area contributed by atoms with Gasteiger partial charge in [0.1, 0.15) is 11.8 Å². The summed E-state index contributed by atoms with van der Waals surface area (Å²) in [5.41, 5.74) is 1.56. The Kier molecular flexibility index (Phi) is 5.08. The molecule has 8 heteroatoms. The van der Waals surface area contributed by atoms with E-state index in [2.05, 4.69) is 9.71 Å². The number of hydrogen-bond acceptors (Lipinski definition) is 5. The first-order valence-corrected chi connectivity index (χ1v) is 9.62. The monoisotopic (exact) mass is 380 g/mol. The van der Waals surface area contributed by atoms with Crippen LogP contribution in [0.15, 0.2) is 41.4 Å². The number of carbonyl (C=O) groups is 1. The summed E-state index contributed by atoms with van der Waals surface area (Å²) in [4.78, 5) is 16.3. The van der Waals surface area contributed by atoms with E-state index in [1.807, 2.05) is 0 Å². The number of nitrogens with one attached hydrogen (secondary N) is 1. The van der Waals surface area contributed by atoms with Crippen LogP contribution in [0.4, 0.5) is 0 Å². The molecular weight excluding hydrogens is 364 g/mol. The molecule has 0 aliphatic heterocycles. The van der Waals surface area contributed by atoms with Crippen molar-refractivity contribution >= 4 is 27.6 Å². The molecule has 1 N–H and O–H groups in total. The molecule has 0 saturated heterocycles. The van der Waals surface area contributed by atoms with Crippen LogP contribution < -0.4 is 4.72 Å². The fourth-order valence-corrected chi connectivity index (χ4v) is 3.64. The Morgan fingerprint density at radius 1 is 1.32 bits per heavy atom. The molecule has 2 aromatic rings. The number of sulfonamides is 1. The van der Waals surface area contributed by atoms with Gasteiger partial charge in [0.2, 0.25) is 10.0 Å². The number of pyridine rings is 1. The van der Waals surface area contributed by atoms with Crippen LogP contribution in [-0.2, 0) is 21.4 Å². The lowest BCUT2D eigenvalue weighted by molar-refractivity contribution is 0.0471. The molecule has 25 heavy (non-hydrogen) atoms. The fourth-order valence-electron chi connectivity index (χ4n) is 2.20. The highest BCUT2D eigenvalue weighted by Gasteiger charge is 2.28. The highest BCUT2D eigenvalue weighted by Crippen LogP contribution is 2.23. The average Bonchev–Trinajstić information content (AvgIpc) is 3.37. The first-order chi connectivity index (χ1) is 11.8. The third kappa shape index (κ3) is 4.56. The second-order valence-electron chi connectivity index (χ2n) is 5.94. The smallest absolute Gasteiger partial charge is 0.338 e. The molecule has 0 atom stereocenters. The molecule has 1 fully saturated rings. The molecule has 3 rings (SSSR count). The number of hydrogen-bond donors (Lipinski definition) is 1. The minimum Gasteiger partial charge on any atom is -0.457 e. The van der Waals surface area contributed by atoms with Crippen LogP contribution in [-0.4, -0.2) is 25.4 Å². The lowest BCUT2D eigenvalue weighted by Gasteiger charge is -2.10. The van der Waals surface area contributed by atoms with E-state index in [0.29, 0.717) is 16.3 Å². The summed E-state index contributed by atoms with van der Waals surface area (Å²) in [5, 5.41) is 0.354. The molecule has 6 nitrogen and oxygen atoms in total. The summed E-state index contributed by atoms with van der Waals surface area (Å²) < 4.78 is 32.4. The van der Waals surface area contributed by atoms with Crippen molar-refractivity contribution < 1.29 is 17.9 Å². The normalized spacial score (nSPS) is 14.3. The van der Waals surface area contributed by atoms with Crippen LogP contribution in [0, 0.1) is 6.92 Å². The van der Waals surface area contributed by atoms with E-state index < -0.39 is 16.0 Å². The number of rotatable bonds is 6. The van der Waals surface area contributed by atoms with E-state index in [0.717, 1.165) is 12.8 Å². The molecule has 1 heterocycles. The van der Waals surface area contributed by atoms with Crippen LogP contribution in [0.1, 0.15) is 34.3 Å². The van der Waals surface area contributed by atoms with Crippen molar-refractivity contribution in [2.45, 2.75) is 37.3 Å². The standard InChI is InChI=1S/C17H17ClN2O4S/c1-11-2-6-14(25(22,23)20-13-4-5-13)8-15(11)17(21)24-10-12-3-7-16(18)19-9-12/h2-3,6-9,13,20H,4-5,10H2,1H3. The number of benzene rings is 1. The summed E-state index contributed by atoms with van der Waals surface area (Å²) in [6.45, 7) is 1.75. The molecule has 0 amide bonds. The zero-order valence-electron chi connectivity index (χ0n) is 13.5. The average molecular weight is 381 g/mol. The highest BCUT2D eigenvalue weighted by atomic mass is 35.5. The second-order valence-corrected chi connectivity index (χ2v) is 8.04. The van der Waals surface area contributed by atoms with Gasteiger partial charge in [-0.25, -0.2) is 22.9 Å². The Morgan fingerprint density at radius 2 is 2.08 bits per heavy atom. The Morgan fingerprint density at radius 3 is 2.72 bits per heavy atom. The third-order valence-electron chi connectivity index (χ3n) is 3.80. The maximum absolute atomic E-state index is 12.3. The van der Waals surface area contributed by atoms with Crippen molar-refractivity contribution in [2.75, 3.05) is 0 Å². The van der Waals surface area contributed by atoms with E-state index in [4.69, 9.17) is 16.3 Å². The number of ether oxygens (including phenoxy) is 1. The van der Waals surface area contributed by atoms with Gasteiger partial charge in [0.05, 0.1) is 10.5 Å². The molecule has 1 saturated carbocycles. The second kappa shape index (κ2) is 7.11. The van der Waals surface area contributed by atoms with Crippen LogP contribution in [0.2, 0.25) is 5.15 Å². The summed E-state index contributed by atoms with van der Waals surface area (Å²) in [6, 6.07) is 7.74. The molecule has 1 aliphatic rings. The van der Waals surface area contributed by atoms with Crippen molar-refractivity contribution in [3.8, 4) is 0 Å². The number of nitrogens with zero attached hydrogens (tertiary/aromatic N) is 1. The van der Waals surface area contributed by atoms with Crippen molar-refractivity contribution in [3.63, 3.8) is 0 Å². The zero-order valence-corrected chi connectivity index (χ0v) is 15.1. The van der Waals surface area contributed by atoms with Crippen molar-refractivity contribution in [3.05, 3.63) is 58.4 Å². The Balaban J connectivity index is 1.75. The summed E-state index contributed by atoms with van der Waals surface area (Å²) in [7, 11) is -3.62. The van der Waals surface area contributed by atoms with Gasteiger partial charge in [0, 0.05) is 17.8 Å². The maximum atomic E-state index is 12.3. The molecule has 0 radical (unpaired) electrons. The lowest BCUT2D eigenvalue weighted by Crippen LogP contribution is -2.26. The Hall–Kier alpha value is -1.96. The Bertz CT molecular complexity index is 893. The lowest BCUT2D eigenvalue weighted by atomic mass is 10.1. The summed E-state index contributed by atoms with van der Waals surface area (Å²) in [5.74, 6) is -0.587. The van der Waals surface area contributed by atoms with Gasteiger partial charge in [-0.2, -0.15) is 0 Å².